The molecule has 1 atom stereocenters. The summed E-state index contributed by atoms with van der Waals surface area (Å²) >= 11 is 0. The Labute approximate surface area is 165 Å². The van der Waals surface area contributed by atoms with Crippen molar-refractivity contribution in [3.8, 4) is 0 Å². The number of sulfonamides is 1. The van der Waals surface area contributed by atoms with Crippen LogP contribution < -0.4 is 4.72 Å². The quantitative estimate of drug-likeness (QED) is 0.824. The Morgan fingerprint density at radius 1 is 1.29 bits per heavy atom. The summed E-state index contributed by atoms with van der Waals surface area (Å²) in [5.41, 5.74) is 2.63. The highest BCUT2D eigenvalue weighted by Gasteiger charge is 2.25. The second-order valence-corrected chi connectivity index (χ2v) is 9.17. The fourth-order valence-corrected chi connectivity index (χ4v) is 4.92. The van der Waals surface area contributed by atoms with E-state index in [4.69, 9.17) is 4.74 Å². The molecule has 0 saturated carbocycles. The summed E-state index contributed by atoms with van der Waals surface area (Å²) in [6.45, 7) is 2.06. The Morgan fingerprint density at radius 2 is 2.14 bits per heavy atom. The third-order valence-corrected chi connectivity index (χ3v) is 6.90. The molecule has 2 aromatic rings. The zero-order valence-electron chi connectivity index (χ0n) is 15.9. The van der Waals surface area contributed by atoms with Crippen LogP contribution in [0, 0.1) is 0 Å². The lowest BCUT2D eigenvalue weighted by Crippen LogP contribution is -2.37. The van der Waals surface area contributed by atoms with E-state index in [0.717, 1.165) is 24.0 Å². The highest BCUT2D eigenvalue weighted by molar-refractivity contribution is 7.89. The largest absolute Gasteiger partial charge is 0.377 e. The van der Waals surface area contributed by atoms with Gasteiger partial charge in [-0.1, -0.05) is 6.07 Å². The molecule has 1 N–H and O–H groups in total. The number of nitrogens with zero attached hydrogens (tertiary/aromatic N) is 2. The number of nitrogens with one attached hydrogen (secondary N) is 1. The van der Waals surface area contributed by atoms with E-state index in [1.54, 1.807) is 12.1 Å². The smallest absolute Gasteiger partial charge is 0.270 e. The summed E-state index contributed by atoms with van der Waals surface area (Å²) in [5, 5.41) is 0. The molecule has 4 rings (SSSR count). The zero-order valence-corrected chi connectivity index (χ0v) is 16.7. The van der Waals surface area contributed by atoms with Crippen LogP contribution in [-0.2, 0) is 34.8 Å². The Morgan fingerprint density at radius 3 is 2.86 bits per heavy atom. The Hall–Kier alpha value is -2.16. The van der Waals surface area contributed by atoms with Crippen LogP contribution in [0.5, 0.6) is 0 Å². The molecule has 1 saturated heterocycles. The monoisotopic (exact) mass is 403 g/mol. The SMILES string of the molecule is Cn1cccc1C(=O)N1CCc2cc(S(=O)(=O)NC[C@@H]3CCCO3)ccc2C1. The van der Waals surface area contributed by atoms with E-state index >= 15 is 0 Å². The second-order valence-electron chi connectivity index (χ2n) is 7.40. The maximum atomic E-state index is 12.7. The standard InChI is InChI=1S/C20H25N3O4S/c1-22-9-2-5-19(22)20(24)23-10-8-15-12-18(7-6-16(15)14-23)28(25,26)21-13-17-4-3-11-27-17/h2,5-7,9,12,17,21H,3-4,8,10-11,13-14H2,1H3/t17-/m0/s1. The molecular formula is C20H25N3O4S. The van der Waals surface area contributed by atoms with Crippen molar-refractivity contribution in [2.45, 2.75) is 36.8 Å². The molecule has 1 aromatic carbocycles. The maximum Gasteiger partial charge on any atom is 0.270 e. The zero-order chi connectivity index (χ0) is 19.7. The molecule has 0 unspecified atom stereocenters. The molecule has 0 bridgehead atoms. The topological polar surface area (TPSA) is 80.6 Å². The predicted octanol–water partition coefficient (Wildman–Crippen LogP) is 1.68. The molecule has 2 aliphatic heterocycles. The summed E-state index contributed by atoms with van der Waals surface area (Å²) in [6.07, 6.45) is 4.32. The fourth-order valence-electron chi connectivity index (χ4n) is 3.81. The number of amides is 1. The molecule has 0 aliphatic carbocycles. The Balaban J connectivity index is 1.46. The number of hydrogen-bond acceptors (Lipinski definition) is 4. The van der Waals surface area contributed by atoms with Crippen LogP contribution in [-0.4, -0.2) is 49.6 Å². The third kappa shape index (κ3) is 3.85. The number of aromatic nitrogens is 1. The Kier molecular flexibility index (Phi) is 5.27. The van der Waals surface area contributed by atoms with E-state index in [-0.39, 0.29) is 16.9 Å². The lowest BCUT2D eigenvalue weighted by Gasteiger charge is -2.29. The fraction of sp³-hybridized carbons (Fsp3) is 0.450. The number of hydrogen-bond donors (Lipinski definition) is 1. The number of rotatable bonds is 5. The van der Waals surface area contributed by atoms with E-state index in [2.05, 4.69) is 4.72 Å². The third-order valence-electron chi connectivity index (χ3n) is 5.48. The first kappa shape index (κ1) is 19.2. The van der Waals surface area contributed by atoms with Crippen molar-refractivity contribution in [2.24, 2.45) is 7.05 Å². The first-order chi connectivity index (χ1) is 13.4. The summed E-state index contributed by atoms with van der Waals surface area (Å²) in [4.78, 5) is 14.8. The van der Waals surface area contributed by atoms with Crippen LogP contribution in [0.4, 0.5) is 0 Å². The van der Waals surface area contributed by atoms with Crippen molar-refractivity contribution in [2.75, 3.05) is 19.7 Å². The number of ether oxygens (including phenoxy) is 1. The minimum absolute atomic E-state index is 0.00641. The molecule has 1 fully saturated rings. The van der Waals surface area contributed by atoms with E-state index in [0.29, 0.717) is 38.4 Å². The number of carbonyl (C=O) groups excluding carboxylic acids is 1. The second kappa shape index (κ2) is 7.69. The number of aryl methyl sites for hydroxylation is 1. The van der Waals surface area contributed by atoms with Crippen molar-refractivity contribution in [1.29, 1.82) is 0 Å². The normalized spacial score (nSPS) is 19.6. The van der Waals surface area contributed by atoms with Gasteiger partial charge in [0.1, 0.15) is 5.69 Å². The van der Waals surface area contributed by atoms with Gasteiger partial charge in [-0.3, -0.25) is 4.79 Å². The van der Waals surface area contributed by atoms with Crippen LogP contribution in [0.15, 0.2) is 41.4 Å². The van der Waals surface area contributed by atoms with Crippen LogP contribution in [0.3, 0.4) is 0 Å². The summed E-state index contributed by atoms with van der Waals surface area (Å²) in [5.74, 6) is -0.00641. The van der Waals surface area contributed by atoms with Crippen molar-refractivity contribution in [3.05, 3.63) is 53.3 Å². The molecule has 1 amide bonds. The first-order valence-electron chi connectivity index (χ1n) is 9.58. The van der Waals surface area contributed by atoms with Crippen LogP contribution in [0.2, 0.25) is 0 Å². The summed E-state index contributed by atoms with van der Waals surface area (Å²) < 4.78 is 35.2. The maximum absolute atomic E-state index is 12.7. The molecule has 8 heteroatoms. The van der Waals surface area contributed by atoms with Gasteiger partial charge in [0, 0.05) is 39.5 Å². The van der Waals surface area contributed by atoms with Crippen molar-refractivity contribution >= 4 is 15.9 Å². The highest BCUT2D eigenvalue weighted by atomic mass is 32.2. The number of benzene rings is 1. The minimum atomic E-state index is -3.57. The van der Waals surface area contributed by atoms with E-state index in [1.165, 1.54) is 0 Å². The molecule has 0 radical (unpaired) electrons. The van der Waals surface area contributed by atoms with Gasteiger partial charge in [-0.2, -0.15) is 0 Å². The molecule has 7 nitrogen and oxygen atoms in total. The van der Waals surface area contributed by atoms with E-state index in [1.807, 2.05) is 40.9 Å². The number of carbonyl (C=O) groups is 1. The van der Waals surface area contributed by atoms with Gasteiger partial charge in [0.25, 0.3) is 5.91 Å². The van der Waals surface area contributed by atoms with Gasteiger partial charge >= 0.3 is 0 Å². The van der Waals surface area contributed by atoms with Crippen molar-refractivity contribution in [1.82, 2.24) is 14.2 Å². The van der Waals surface area contributed by atoms with E-state index in [9.17, 15) is 13.2 Å². The van der Waals surface area contributed by atoms with Gasteiger partial charge in [-0.05, 0) is 54.7 Å². The van der Waals surface area contributed by atoms with Crippen molar-refractivity contribution in [3.63, 3.8) is 0 Å². The van der Waals surface area contributed by atoms with Gasteiger partial charge in [-0.15, -0.1) is 0 Å². The van der Waals surface area contributed by atoms with Gasteiger partial charge in [-0.25, -0.2) is 13.1 Å². The molecule has 28 heavy (non-hydrogen) atoms. The van der Waals surface area contributed by atoms with Crippen LogP contribution in [0.1, 0.15) is 34.5 Å². The van der Waals surface area contributed by atoms with Gasteiger partial charge in [0.05, 0.1) is 11.0 Å². The van der Waals surface area contributed by atoms with Crippen LogP contribution >= 0.6 is 0 Å². The molecule has 1 aromatic heterocycles. The van der Waals surface area contributed by atoms with Gasteiger partial charge in [0.2, 0.25) is 10.0 Å². The lowest BCUT2D eigenvalue weighted by molar-refractivity contribution is 0.0725. The highest BCUT2D eigenvalue weighted by Crippen LogP contribution is 2.24. The minimum Gasteiger partial charge on any atom is -0.377 e. The number of fused-ring (bicyclic) bond motifs is 1. The average Bonchev–Trinajstić information content (AvgIpc) is 3.36. The molecule has 2 aliphatic rings. The van der Waals surface area contributed by atoms with Crippen LogP contribution in [0.25, 0.3) is 0 Å². The molecule has 0 spiro atoms. The Bertz CT molecular complexity index is 977. The first-order valence-corrected chi connectivity index (χ1v) is 11.1. The summed E-state index contributed by atoms with van der Waals surface area (Å²) in [7, 11) is -1.71. The predicted molar refractivity (Wildman–Crippen MR) is 104 cm³/mol. The van der Waals surface area contributed by atoms with Gasteiger partial charge < -0.3 is 14.2 Å². The van der Waals surface area contributed by atoms with Crippen molar-refractivity contribution < 1.29 is 17.9 Å². The molecule has 150 valence electrons. The van der Waals surface area contributed by atoms with Gasteiger partial charge in [0.15, 0.2) is 0 Å². The van der Waals surface area contributed by atoms with E-state index < -0.39 is 10.0 Å². The lowest BCUT2D eigenvalue weighted by atomic mass is 9.99. The average molecular weight is 404 g/mol. The molecule has 3 heterocycles. The summed E-state index contributed by atoms with van der Waals surface area (Å²) in [6, 6.07) is 8.84. The molecular weight excluding hydrogens is 378 g/mol.